The molecule has 1 atom stereocenters. The number of hydrogen-bond donors (Lipinski definition) is 2. The Kier molecular flexibility index (Phi) is 4.93. The second-order valence-corrected chi connectivity index (χ2v) is 6.16. The summed E-state index contributed by atoms with van der Waals surface area (Å²) in [6.45, 7) is 0. The SMILES string of the molecule is O=C(Nc1ccc(/C=C/c2ccccc2)cc1)C1CSCN1. The Balaban J connectivity index is 1.60. The molecule has 4 heteroatoms. The number of carbonyl (C=O) groups is 1. The minimum Gasteiger partial charge on any atom is -0.325 e. The van der Waals surface area contributed by atoms with Gasteiger partial charge in [-0.15, -0.1) is 11.8 Å². The van der Waals surface area contributed by atoms with Gasteiger partial charge in [-0.05, 0) is 23.3 Å². The van der Waals surface area contributed by atoms with Crippen LogP contribution < -0.4 is 10.6 Å². The van der Waals surface area contributed by atoms with Crippen molar-refractivity contribution >= 4 is 35.5 Å². The van der Waals surface area contributed by atoms with Gasteiger partial charge in [0.2, 0.25) is 5.91 Å². The molecule has 0 radical (unpaired) electrons. The van der Waals surface area contributed by atoms with Gasteiger partial charge in [-0.1, -0.05) is 54.6 Å². The maximum Gasteiger partial charge on any atom is 0.242 e. The third-order valence-electron chi connectivity index (χ3n) is 3.48. The van der Waals surface area contributed by atoms with Crippen LogP contribution in [0, 0.1) is 0 Å². The van der Waals surface area contributed by atoms with Crippen LogP contribution in [0.5, 0.6) is 0 Å². The highest BCUT2D eigenvalue weighted by Gasteiger charge is 2.22. The Bertz CT molecular complexity index is 647. The summed E-state index contributed by atoms with van der Waals surface area (Å²) in [5, 5.41) is 6.11. The molecule has 2 aromatic rings. The quantitative estimate of drug-likeness (QED) is 0.850. The van der Waals surface area contributed by atoms with Gasteiger partial charge in [0, 0.05) is 17.3 Å². The van der Waals surface area contributed by atoms with Gasteiger partial charge < -0.3 is 5.32 Å². The third-order valence-corrected chi connectivity index (χ3v) is 4.42. The van der Waals surface area contributed by atoms with Gasteiger partial charge in [-0.25, -0.2) is 0 Å². The van der Waals surface area contributed by atoms with Gasteiger partial charge in [0.15, 0.2) is 0 Å². The molecule has 3 nitrogen and oxygen atoms in total. The first-order valence-electron chi connectivity index (χ1n) is 7.26. The monoisotopic (exact) mass is 310 g/mol. The van der Waals surface area contributed by atoms with Crippen molar-refractivity contribution in [3.63, 3.8) is 0 Å². The molecule has 2 aromatic carbocycles. The summed E-state index contributed by atoms with van der Waals surface area (Å²) in [4.78, 5) is 12.0. The fourth-order valence-electron chi connectivity index (χ4n) is 2.23. The molecule has 0 bridgehead atoms. The molecule has 1 aliphatic heterocycles. The highest BCUT2D eigenvalue weighted by atomic mass is 32.2. The summed E-state index contributed by atoms with van der Waals surface area (Å²) in [6.07, 6.45) is 4.14. The van der Waals surface area contributed by atoms with Gasteiger partial charge >= 0.3 is 0 Å². The van der Waals surface area contributed by atoms with Crippen molar-refractivity contribution in [3.05, 3.63) is 65.7 Å². The van der Waals surface area contributed by atoms with Crippen LogP contribution in [0.1, 0.15) is 11.1 Å². The fraction of sp³-hybridized carbons (Fsp3) is 0.167. The van der Waals surface area contributed by atoms with E-state index in [1.807, 2.05) is 42.5 Å². The van der Waals surface area contributed by atoms with Gasteiger partial charge in [-0.3, -0.25) is 10.1 Å². The number of carbonyl (C=O) groups excluding carboxylic acids is 1. The minimum atomic E-state index is -0.0809. The van der Waals surface area contributed by atoms with E-state index in [0.717, 1.165) is 22.9 Å². The normalized spacial score (nSPS) is 17.7. The number of rotatable bonds is 4. The van der Waals surface area contributed by atoms with Crippen LogP contribution >= 0.6 is 11.8 Å². The lowest BCUT2D eigenvalue weighted by Gasteiger charge is -2.10. The summed E-state index contributed by atoms with van der Waals surface area (Å²) in [5.41, 5.74) is 3.11. The predicted octanol–water partition coefficient (Wildman–Crippen LogP) is 3.46. The Morgan fingerprint density at radius 1 is 1.05 bits per heavy atom. The van der Waals surface area contributed by atoms with Gasteiger partial charge in [0.05, 0.1) is 6.04 Å². The highest BCUT2D eigenvalue weighted by Crippen LogP contribution is 2.15. The lowest BCUT2D eigenvalue weighted by atomic mass is 10.1. The van der Waals surface area contributed by atoms with E-state index in [9.17, 15) is 4.79 Å². The van der Waals surface area contributed by atoms with Crippen molar-refractivity contribution < 1.29 is 4.79 Å². The van der Waals surface area contributed by atoms with Crippen molar-refractivity contribution in [2.75, 3.05) is 16.9 Å². The lowest BCUT2D eigenvalue weighted by molar-refractivity contribution is -0.117. The summed E-state index contributed by atoms with van der Waals surface area (Å²) >= 11 is 1.75. The predicted molar refractivity (Wildman–Crippen MR) is 94.7 cm³/mol. The van der Waals surface area contributed by atoms with E-state index in [1.54, 1.807) is 11.8 Å². The van der Waals surface area contributed by atoms with Gasteiger partial charge in [-0.2, -0.15) is 0 Å². The molecule has 1 unspecified atom stereocenters. The molecule has 1 fully saturated rings. The molecule has 3 rings (SSSR count). The van der Waals surface area contributed by atoms with Crippen molar-refractivity contribution in [1.29, 1.82) is 0 Å². The van der Waals surface area contributed by atoms with E-state index >= 15 is 0 Å². The van der Waals surface area contributed by atoms with Crippen molar-refractivity contribution in [1.82, 2.24) is 5.32 Å². The van der Waals surface area contributed by atoms with Gasteiger partial charge in [0.1, 0.15) is 0 Å². The summed E-state index contributed by atoms with van der Waals surface area (Å²) < 4.78 is 0. The first-order valence-corrected chi connectivity index (χ1v) is 8.42. The Morgan fingerprint density at radius 2 is 1.73 bits per heavy atom. The topological polar surface area (TPSA) is 41.1 Å². The molecule has 0 aromatic heterocycles. The zero-order chi connectivity index (χ0) is 15.2. The molecule has 2 N–H and O–H groups in total. The number of anilines is 1. The number of thioether (sulfide) groups is 1. The Labute approximate surface area is 134 Å². The summed E-state index contributed by atoms with van der Waals surface area (Å²) in [5.74, 6) is 1.72. The maximum absolute atomic E-state index is 12.0. The van der Waals surface area contributed by atoms with E-state index in [2.05, 4.69) is 34.9 Å². The second-order valence-electron chi connectivity index (χ2n) is 5.13. The van der Waals surface area contributed by atoms with Crippen molar-refractivity contribution in [2.45, 2.75) is 6.04 Å². The maximum atomic E-state index is 12.0. The molecule has 22 heavy (non-hydrogen) atoms. The Hall–Kier alpha value is -2.04. The average Bonchev–Trinajstić information content (AvgIpc) is 3.10. The molecule has 1 heterocycles. The zero-order valence-electron chi connectivity index (χ0n) is 12.2. The number of nitrogens with one attached hydrogen (secondary N) is 2. The van der Waals surface area contributed by atoms with E-state index in [-0.39, 0.29) is 11.9 Å². The molecule has 1 amide bonds. The first-order chi connectivity index (χ1) is 10.8. The Morgan fingerprint density at radius 3 is 2.36 bits per heavy atom. The molecule has 0 saturated carbocycles. The molecule has 112 valence electrons. The lowest BCUT2D eigenvalue weighted by Crippen LogP contribution is -2.37. The largest absolute Gasteiger partial charge is 0.325 e. The second kappa shape index (κ2) is 7.29. The zero-order valence-corrected chi connectivity index (χ0v) is 13.0. The van der Waals surface area contributed by atoms with Gasteiger partial charge in [0.25, 0.3) is 0 Å². The van der Waals surface area contributed by atoms with Crippen LogP contribution in [-0.4, -0.2) is 23.6 Å². The van der Waals surface area contributed by atoms with Crippen LogP contribution in [0.2, 0.25) is 0 Å². The molecule has 1 aliphatic rings. The minimum absolute atomic E-state index is 0.0394. The van der Waals surface area contributed by atoms with Crippen molar-refractivity contribution in [3.8, 4) is 0 Å². The van der Waals surface area contributed by atoms with E-state index in [0.29, 0.717) is 0 Å². The van der Waals surface area contributed by atoms with E-state index in [1.165, 1.54) is 5.56 Å². The summed E-state index contributed by atoms with van der Waals surface area (Å²) in [7, 11) is 0. The molecular formula is C18H18N2OS. The standard InChI is InChI=1S/C18H18N2OS/c21-18(17-12-22-13-19-17)20-16-10-8-15(9-11-16)7-6-14-4-2-1-3-5-14/h1-11,17,19H,12-13H2,(H,20,21)/b7-6+. The van der Waals surface area contributed by atoms with Crippen LogP contribution in [0.15, 0.2) is 54.6 Å². The highest BCUT2D eigenvalue weighted by molar-refractivity contribution is 7.99. The third kappa shape index (κ3) is 4.00. The van der Waals surface area contributed by atoms with Crippen LogP contribution in [0.4, 0.5) is 5.69 Å². The number of amides is 1. The first kappa shape index (κ1) is 14.9. The van der Waals surface area contributed by atoms with Crippen LogP contribution in [0.3, 0.4) is 0 Å². The van der Waals surface area contributed by atoms with Crippen LogP contribution in [0.25, 0.3) is 12.2 Å². The number of benzene rings is 2. The van der Waals surface area contributed by atoms with Crippen molar-refractivity contribution in [2.24, 2.45) is 0 Å². The van der Waals surface area contributed by atoms with E-state index in [4.69, 9.17) is 0 Å². The fourth-order valence-corrected chi connectivity index (χ4v) is 3.17. The molecule has 0 aliphatic carbocycles. The average molecular weight is 310 g/mol. The molecule has 0 spiro atoms. The molecule has 1 saturated heterocycles. The smallest absolute Gasteiger partial charge is 0.242 e. The van der Waals surface area contributed by atoms with E-state index < -0.39 is 0 Å². The number of hydrogen-bond acceptors (Lipinski definition) is 3. The molecular weight excluding hydrogens is 292 g/mol. The summed E-state index contributed by atoms with van der Waals surface area (Å²) in [6, 6.07) is 18.0. The van der Waals surface area contributed by atoms with Crippen LogP contribution in [-0.2, 0) is 4.79 Å².